The quantitative estimate of drug-likeness (QED) is 0.728. The Morgan fingerprint density at radius 1 is 1.25 bits per heavy atom. The van der Waals surface area contributed by atoms with Crippen molar-refractivity contribution >= 4 is 11.8 Å². The number of carbonyl (C=O) groups is 2. The van der Waals surface area contributed by atoms with Gasteiger partial charge in [0.25, 0.3) is 5.91 Å². The average molecular weight is 273 g/mol. The van der Waals surface area contributed by atoms with Crippen molar-refractivity contribution in [2.75, 3.05) is 13.1 Å². The zero-order valence-electron chi connectivity index (χ0n) is 11.4. The van der Waals surface area contributed by atoms with Crippen LogP contribution in [0.3, 0.4) is 0 Å². The van der Waals surface area contributed by atoms with Crippen LogP contribution in [-0.2, 0) is 17.8 Å². The van der Waals surface area contributed by atoms with Crippen LogP contribution in [0.4, 0.5) is 0 Å². The molecule has 2 aliphatic heterocycles. The number of amides is 2. The molecule has 0 saturated carbocycles. The van der Waals surface area contributed by atoms with Gasteiger partial charge in [-0.25, -0.2) is 0 Å². The predicted octanol–water partition coefficient (Wildman–Crippen LogP) is 0.341. The van der Waals surface area contributed by atoms with E-state index in [1.807, 2.05) is 18.2 Å². The van der Waals surface area contributed by atoms with E-state index in [-0.39, 0.29) is 11.8 Å². The first kappa shape index (κ1) is 13.1. The molecule has 2 amide bonds. The second-order valence-electron chi connectivity index (χ2n) is 5.37. The molecule has 0 aromatic heterocycles. The number of rotatable bonds is 2. The SMILES string of the molecule is O=C(NC1CCCNC1=O)c1ccc2c(c1)CNCC2. The summed E-state index contributed by atoms with van der Waals surface area (Å²) in [7, 11) is 0. The molecule has 0 bridgehead atoms. The molecule has 0 aliphatic carbocycles. The van der Waals surface area contributed by atoms with Gasteiger partial charge in [0.1, 0.15) is 6.04 Å². The van der Waals surface area contributed by atoms with Gasteiger partial charge in [0.15, 0.2) is 0 Å². The Balaban J connectivity index is 1.72. The Hall–Kier alpha value is -1.88. The number of benzene rings is 1. The van der Waals surface area contributed by atoms with Crippen molar-refractivity contribution in [1.29, 1.82) is 0 Å². The largest absolute Gasteiger partial charge is 0.354 e. The van der Waals surface area contributed by atoms with Crippen LogP contribution < -0.4 is 16.0 Å². The van der Waals surface area contributed by atoms with Gasteiger partial charge in [-0.15, -0.1) is 0 Å². The van der Waals surface area contributed by atoms with E-state index in [9.17, 15) is 9.59 Å². The Bertz CT molecular complexity index is 542. The van der Waals surface area contributed by atoms with Gasteiger partial charge in [-0.3, -0.25) is 9.59 Å². The van der Waals surface area contributed by atoms with Crippen LogP contribution in [0.15, 0.2) is 18.2 Å². The van der Waals surface area contributed by atoms with E-state index in [1.165, 1.54) is 11.1 Å². The van der Waals surface area contributed by atoms with Gasteiger partial charge in [-0.2, -0.15) is 0 Å². The lowest BCUT2D eigenvalue weighted by atomic mass is 9.98. The summed E-state index contributed by atoms with van der Waals surface area (Å²) in [6, 6.07) is 5.40. The zero-order valence-corrected chi connectivity index (χ0v) is 11.4. The van der Waals surface area contributed by atoms with Crippen molar-refractivity contribution < 1.29 is 9.59 Å². The van der Waals surface area contributed by atoms with E-state index in [1.54, 1.807) is 0 Å². The zero-order chi connectivity index (χ0) is 13.9. The highest BCUT2D eigenvalue weighted by atomic mass is 16.2. The van der Waals surface area contributed by atoms with Crippen LogP contribution in [0.2, 0.25) is 0 Å². The third-order valence-electron chi connectivity index (χ3n) is 3.95. The molecular formula is C15H19N3O2. The molecule has 1 fully saturated rings. The lowest BCUT2D eigenvalue weighted by Gasteiger charge is -2.23. The number of hydrogen-bond donors (Lipinski definition) is 3. The van der Waals surface area contributed by atoms with Crippen molar-refractivity contribution in [2.45, 2.75) is 31.8 Å². The Kier molecular flexibility index (Phi) is 3.69. The topological polar surface area (TPSA) is 70.2 Å². The van der Waals surface area contributed by atoms with Gasteiger partial charge in [0, 0.05) is 18.7 Å². The van der Waals surface area contributed by atoms with Crippen molar-refractivity contribution in [3.05, 3.63) is 34.9 Å². The van der Waals surface area contributed by atoms with Crippen molar-refractivity contribution in [2.24, 2.45) is 0 Å². The monoisotopic (exact) mass is 273 g/mol. The Labute approximate surface area is 118 Å². The molecule has 3 N–H and O–H groups in total. The van der Waals surface area contributed by atoms with Crippen LogP contribution in [0.1, 0.15) is 34.3 Å². The van der Waals surface area contributed by atoms with E-state index in [0.717, 1.165) is 25.9 Å². The first-order chi connectivity index (χ1) is 9.74. The normalized spacial score (nSPS) is 21.8. The molecular weight excluding hydrogens is 254 g/mol. The minimum absolute atomic E-state index is 0.0794. The molecule has 1 unspecified atom stereocenters. The fourth-order valence-electron chi connectivity index (χ4n) is 2.77. The predicted molar refractivity (Wildman–Crippen MR) is 75.4 cm³/mol. The van der Waals surface area contributed by atoms with Crippen LogP contribution in [0.5, 0.6) is 0 Å². The summed E-state index contributed by atoms with van der Waals surface area (Å²) in [6.07, 6.45) is 2.62. The van der Waals surface area contributed by atoms with E-state index < -0.39 is 6.04 Å². The molecule has 3 rings (SSSR count). The number of piperidine rings is 1. The van der Waals surface area contributed by atoms with Gasteiger partial charge in [0.05, 0.1) is 0 Å². The van der Waals surface area contributed by atoms with Crippen LogP contribution >= 0.6 is 0 Å². The smallest absolute Gasteiger partial charge is 0.251 e. The molecule has 2 aliphatic rings. The van der Waals surface area contributed by atoms with Gasteiger partial charge in [0.2, 0.25) is 5.91 Å². The lowest BCUT2D eigenvalue weighted by Crippen LogP contribution is -2.50. The fourth-order valence-corrected chi connectivity index (χ4v) is 2.77. The van der Waals surface area contributed by atoms with Crippen molar-refractivity contribution in [1.82, 2.24) is 16.0 Å². The maximum absolute atomic E-state index is 12.2. The van der Waals surface area contributed by atoms with Crippen LogP contribution in [-0.4, -0.2) is 30.9 Å². The molecule has 5 heteroatoms. The van der Waals surface area contributed by atoms with Gasteiger partial charge < -0.3 is 16.0 Å². The molecule has 0 spiro atoms. The molecule has 20 heavy (non-hydrogen) atoms. The maximum atomic E-state index is 12.2. The molecule has 106 valence electrons. The standard InChI is InChI=1S/C15H19N3O2/c19-14(18-13-2-1-6-17-15(13)20)11-4-3-10-5-7-16-9-12(10)8-11/h3-4,8,13,16H,1-2,5-7,9H2,(H,17,20)(H,18,19). The summed E-state index contributed by atoms with van der Waals surface area (Å²) in [6.45, 7) is 2.50. The summed E-state index contributed by atoms with van der Waals surface area (Å²) in [4.78, 5) is 23.9. The van der Waals surface area contributed by atoms with Crippen LogP contribution in [0, 0.1) is 0 Å². The molecule has 1 saturated heterocycles. The molecule has 1 aromatic carbocycles. The number of hydrogen-bond acceptors (Lipinski definition) is 3. The van der Waals surface area contributed by atoms with Gasteiger partial charge >= 0.3 is 0 Å². The number of carbonyl (C=O) groups excluding carboxylic acids is 2. The third-order valence-corrected chi connectivity index (χ3v) is 3.95. The average Bonchev–Trinajstić information content (AvgIpc) is 2.49. The van der Waals surface area contributed by atoms with Crippen molar-refractivity contribution in [3.63, 3.8) is 0 Å². The highest BCUT2D eigenvalue weighted by Crippen LogP contribution is 2.16. The second-order valence-corrected chi connectivity index (χ2v) is 5.37. The first-order valence-corrected chi connectivity index (χ1v) is 7.15. The summed E-state index contributed by atoms with van der Waals surface area (Å²) >= 11 is 0. The minimum Gasteiger partial charge on any atom is -0.354 e. The molecule has 2 heterocycles. The number of fused-ring (bicyclic) bond motifs is 1. The molecule has 5 nitrogen and oxygen atoms in total. The highest BCUT2D eigenvalue weighted by Gasteiger charge is 2.24. The summed E-state index contributed by atoms with van der Waals surface area (Å²) < 4.78 is 0. The Morgan fingerprint density at radius 3 is 3.00 bits per heavy atom. The van der Waals surface area contributed by atoms with E-state index in [2.05, 4.69) is 16.0 Å². The van der Waals surface area contributed by atoms with E-state index >= 15 is 0 Å². The second kappa shape index (κ2) is 5.63. The lowest BCUT2D eigenvalue weighted by molar-refractivity contribution is -0.124. The Morgan fingerprint density at radius 2 is 2.15 bits per heavy atom. The van der Waals surface area contributed by atoms with E-state index in [4.69, 9.17) is 0 Å². The first-order valence-electron chi connectivity index (χ1n) is 7.15. The summed E-state index contributed by atoms with van der Waals surface area (Å²) in [5.41, 5.74) is 3.11. The molecule has 1 atom stereocenters. The van der Waals surface area contributed by atoms with Crippen LogP contribution in [0.25, 0.3) is 0 Å². The maximum Gasteiger partial charge on any atom is 0.251 e. The minimum atomic E-state index is -0.398. The molecule has 1 aromatic rings. The summed E-state index contributed by atoms with van der Waals surface area (Å²) in [5, 5.41) is 8.90. The third kappa shape index (κ3) is 2.67. The number of nitrogens with one attached hydrogen (secondary N) is 3. The highest BCUT2D eigenvalue weighted by molar-refractivity contribution is 5.97. The van der Waals surface area contributed by atoms with Gasteiger partial charge in [-0.1, -0.05) is 6.07 Å². The summed E-state index contributed by atoms with van der Waals surface area (Å²) in [5.74, 6) is -0.246. The fraction of sp³-hybridized carbons (Fsp3) is 0.467. The van der Waals surface area contributed by atoms with Crippen molar-refractivity contribution in [3.8, 4) is 0 Å². The van der Waals surface area contributed by atoms with E-state index in [0.29, 0.717) is 18.5 Å². The molecule has 0 radical (unpaired) electrons. The van der Waals surface area contributed by atoms with Gasteiger partial charge in [-0.05, 0) is 49.1 Å².